The molecule has 0 aromatic heterocycles. The van der Waals surface area contributed by atoms with Crippen LogP contribution in [-0.2, 0) is 6.61 Å². The molecule has 0 unspecified atom stereocenters. The fourth-order valence-electron chi connectivity index (χ4n) is 1.71. The van der Waals surface area contributed by atoms with Crippen molar-refractivity contribution in [3.63, 3.8) is 0 Å². The lowest BCUT2D eigenvalue weighted by Gasteiger charge is -2.12. The maximum atomic E-state index is 6.12. The van der Waals surface area contributed by atoms with Gasteiger partial charge in [-0.15, -0.1) is 0 Å². The van der Waals surface area contributed by atoms with Crippen LogP contribution >= 0.6 is 23.2 Å². The van der Waals surface area contributed by atoms with E-state index in [9.17, 15) is 0 Å². The molecule has 2 aromatic rings. The molecular weight excluding hydrogens is 283 g/mol. The highest BCUT2D eigenvalue weighted by Gasteiger charge is 2.08. The van der Waals surface area contributed by atoms with Crippen molar-refractivity contribution in [2.75, 3.05) is 7.11 Å². The highest BCUT2D eigenvalue weighted by Crippen LogP contribution is 2.30. The zero-order chi connectivity index (χ0) is 13.8. The molecule has 0 saturated heterocycles. The number of methoxy groups -OCH3 is 1. The smallest absolute Gasteiger partial charge is 0.161 e. The minimum atomic E-state index is 0.346. The molecule has 2 rings (SSSR count). The summed E-state index contributed by atoms with van der Waals surface area (Å²) in [4.78, 5) is 0. The molecule has 0 heterocycles. The van der Waals surface area contributed by atoms with E-state index in [2.05, 4.69) is 0 Å². The van der Waals surface area contributed by atoms with Gasteiger partial charge in [0.15, 0.2) is 11.5 Å². The molecule has 2 nitrogen and oxygen atoms in total. The average Bonchev–Trinajstić information content (AvgIpc) is 2.41. The summed E-state index contributed by atoms with van der Waals surface area (Å²) in [6.07, 6.45) is 0. The normalized spacial score (nSPS) is 10.3. The lowest BCUT2D eigenvalue weighted by Crippen LogP contribution is -1.98. The van der Waals surface area contributed by atoms with E-state index in [1.165, 1.54) is 0 Å². The number of ether oxygens (including phenoxy) is 2. The first kappa shape index (κ1) is 14.0. The van der Waals surface area contributed by atoms with Crippen LogP contribution in [0.3, 0.4) is 0 Å². The zero-order valence-corrected chi connectivity index (χ0v) is 12.3. The minimum absolute atomic E-state index is 0.346. The molecule has 0 bridgehead atoms. The maximum absolute atomic E-state index is 6.12. The second-order valence-corrected chi connectivity index (χ2v) is 4.94. The Bertz CT molecular complexity index is 582. The molecule has 19 heavy (non-hydrogen) atoms. The summed E-state index contributed by atoms with van der Waals surface area (Å²) in [6, 6.07) is 11.3. The Morgan fingerprint density at radius 1 is 1.05 bits per heavy atom. The van der Waals surface area contributed by atoms with Gasteiger partial charge in [-0.05, 0) is 30.7 Å². The van der Waals surface area contributed by atoms with E-state index in [1.807, 2.05) is 37.3 Å². The van der Waals surface area contributed by atoms with E-state index in [-0.39, 0.29) is 0 Å². The number of hydrogen-bond donors (Lipinski definition) is 0. The second-order valence-electron chi connectivity index (χ2n) is 4.16. The van der Waals surface area contributed by atoms with Crippen LogP contribution in [0.25, 0.3) is 0 Å². The summed E-state index contributed by atoms with van der Waals surface area (Å²) < 4.78 is 11.0. The monoisotopic (exact) mass is 296 g/mol. The maximum Gasteiger partial charge on any atom is 0.161 e. The first-order valence-corrected chi connectivity index (χ1v) is 6.57. The van der Waals surface area contributed by atoms with E-state index in [4.69, 9.17) is 32.7 Å². The third-order valence-corrected chi connectivity index (χ3v) is 3.59. The molecule has 0 aliphatic heterocycles. The molecule has 0 radical (unpaired) electrons. The molecule has 0 amide bonds. The van der Waals surface area contributed by atoms with Crippen molar-refractivity contribution >= 4 is 23.2 Å². The van der Waals surface area contributed by atoms with Crippen LogP contribution in [0.15, 0.2) is 36.4 Å². The topological polar surface area (TPSA) is 18.5 Å². The van der Waals surface area contributed by atoms with Crippen LogP contribution in [-0.4, -0.2) is 7.11 Å². The van der Waals surface area contributed by atoms with Gasteiger partial charge in [0, 0.05) is 5.56 Å². The van der Waals surface area contributed by atoms with Crippen molar-refractivity contribution < 1.29 is 9.47 Å². The molecule has 0 aliphatic carbocycles. The van der Waals surface area contributed by atoms with Crippen molar-refractivity contribution in [2.45, 2.75) is 13.5 Å². The first-order chi connectivity index (χ1) is 9.11. The summed E-state index contributed by atoms with van der Waals surface area (Å²) in [5.41, 5.74) is 1.96. The molecule has 4 heteroatoms. The van der Waals surface area contributed by atoms with Crippen molar-refractivity contribution in [3.05, 3.63) is 57.6 Å². The Morgan fingerprint density at radius 2 is 1.84 bits per heavy atom. The zero-order valence-electron chi connectivity index (χ0n) is 10.7. The van der Waals surface area contributed by atoms with E-state index >= 15 is 0 Å². The van der Waals surface area contributed by atoms with E-state index in [0.717, 1.165) is 11.1 Å². The Balaban J connectivity index is 2.17. The predicted molar refractivity (Wildman–Crippen MR) is 78.5 cm³/mol. The predicted octanol–water partition coefficient (Wildman–Crippen LogP) is 4.89. The summed E-state index contributed by atoms with van der Waals surface area (Å²) in [5, 5.41) is 1.05. The van der Waals surface area contributed by atoms with Crippen molar-refractivity contribution in [1.82, 2.24) is 0 Å². The second kappa shape index (κ2) is 6.18. The molecule has 100 valence electrons. The largest absolute Gasteiger partial charge is 0.493 e. The lowest BCUT2D eigenvalue weighted by atomic mass is 10.2. The van der Waals surface area contributed by atoms with Gasteiger partial charge in [-0.3, -0.25) is 0 Å². The van der Waals surface area contributed by atoms with Gasteiger partial charge in [0.2, 0.25) is 0 Å². The van der Waals surface area contributed by atoms with Crippen molar-refractivity contribution in [2.24, 2.45) is 0 Å². The summed E-state index contributed by atoms with van der Waals surface area (Å²) in [6.45, 7) is 2.35. The lowest BCUT2D eigenvalue weighted by molar-refractivity contribution is 0.284. The average molecular weight is 297 g/mol. The van der Waals surface area contributed by atoms with Gasteiger partial charge in [-0.25, -0.2) is 0 Å². The molecule has 2 aromatic carbocycles. The molecule has 0 aliphatic rings. The van der Waals surface area contributed by atoms with Crippen LogP contribution in [0.2, 0.25) is 10.0 Å². The van der Waals surface area contributed by atoms with Crippen LogP contribution in [0.5, 0.6) is 11.5 Å². The quantitative estimate of drug-likeness (QED) is 0.800. The highest BCUT2D eigenvalue weighted by atomic mass is 35.5. The van der Waals surface area contributed by atoms with Crippen molar-refractivity contribution in [1.29, 1.82) is 0 Å². The molecule has 0 N–H and O–H groups in total. The molecule has 0 fully saturated rings. The van der Waals surface area contributed by atoms with Gasteiger partial charge < -0.3 is 9.47 Å². The first-order valence-electron chi connectivity index (χ1n) is 5.82. The summed E-state index contributed by atoms with van der Waals surface area (Å²) in [7, 11) is 1.62. The number of benzene rings is 2. The summed E-state index contributed by atoms with van der Waals surface area (Å²) >= 11 is 12.1. The van der Waals surface area contributed by atoms with Gasteiger partial charge in [0.25, 0.3) is 0 Å². The number of halogens is 2. The van der Waals surface area contributed by atoms with Crippen LogP contribution < -0.4 is 9.47 Å². The number of rotatable bonds is 4. The molecule has 0 saturated carbocycles. The fourth-order valence-corrected chi connectivity index (χ4v) is 2.08. The van der Waals surface area contributed by atoms with Crippen molar-refractivity contribution in [3.8, 4) is 11.5 Å². The molecular formula is C15H14Cl2O2. The minimum Gasteiger partial charge on any atom is -0.493 e. The third-order valence-electron chi connectivity index (χ3n) is 2.73. The van der Waals surface area contributed by atoms with E-state index < -0.39 is 0 Å². The third kappa shape index (κ3) is 3.34. The Morgan fingerprint density at radius 3 is 2.58 bits per heavy atom. The fraction of sp³-hybridized carbons (Fsp3) is 0.200. The van der Waals surface area contributed by atoms with E-state index in [0.29, 0.717) is 28.2 Å². The molecule has 0 atom stereocenters. The Kier molecular flexibility index (Phi) is 4.56. The van der Waals surface area contributed by atoms with Gasteiger partial charge in [0.05, 0.1) is 17.2 Å². The van der Waals surface area contributed by atoms with E-state index in [1.54, 1.807) is 13.2 Å². The van der Waals surface area contributed by atoms with Gasteiger partial charge >= 0.3 is 0 Å². The van der Waals surface area contributed by atoms with Crippen LogP contribution in [0.1, 0.15) is 11.1 Å². The SMILES string of the molecule is COc1cc(C)ccc1OCc1cccc(Cl)c1Cl. The Labute approximate surface area is 122 Å². The van der Waals surface area contributed by atoms with Crippen LogP contribution in [0, 0.1) is 6.92 Å². The molecule has 0 spiro atoms. The van der Waals surface area contributed by atoms with Gasteiger partial charge in [0.1, 0.15) is 6.61 Å². The van der Waals surface area contributed by atoms with Crippen LogP contribution in [0.4, 0.5) is 0 Å². The number of aryl methyl sites for hydroxylation is 1. The standard InChI is InChI=1S/C15H14Cl2O2/c1-10-6-7-13(14(8-10)18-2)19-9-11-4-3-5-12(16)15(11)17/h3-8H,9H2,1-2H3. The number of hydrogen-bond acceptors (Lipinski definition) is 2. The Hall–Kier alpha value is -1.38. The summed E-state index contributed by atoms with van der Waals surface area (Å²) in [5.74, 6) is 1.39. The highest BCUT2D eigenvalue weighted by molar-refractivity contribution is 6.42. The van der Waals surface area contributed by atoms with Gasteiger partial charge in [-0.1, -0.05) is 41.4 Å². The van der Waals surface area contributed by atoms with Gasteiger partial charge in [-0.2, -0.15) is 0 Å².